The Hall–Kier alpha value is -1.97. The van der Waals surface area contributed by atoms with Gasteiger partial charge in [0, 0.05) is 11.1 Å². The topological polar surface area (TPSA) is 45.8 Å². The first-order valence-electron chi connectivity index (χ1n) is 5.96. The van der Waals surface area contributed by atoms with Crippen LogP contribution in [0.3, 0.4) is 0 Å². The van der Waals surface area contributed by atoms with Crippen molar-refractivity contribution in [2.24, 2.45) is 0 Å². The quantitative estimate of drug-likeness (QED) is 0.905. The molecule has 1 heterocycles. The Balaban J connectivity index is 2.67. The Morgan fingerprint density at radius 1 is 1.39 bits per heavy atom. The van der Waals surface area contributed by atoms with Crippen LogP contribution in [0.1, 0.15) is 24.5 Å². The second-order valence-corrected chi connectivity index (χ2v) is 4.29. The summed E-state index contributed by atoms with van der Waals surface area (Å²) in [6.07, 6.45) is 2.72. The van der Waals surface area contributed by atoms with Gasteiger partial charge >= 0.3 is 0 Å². The van der Waals surface area contributed by atoms with Crippen LogP contribution in [-0.4, -0.2) is 9.97 Å². The molecule has 4 heteroatoms. The molecule has 2 aromatic rings. The van der Waals surface area contributed by atoms with E-state index in [1.807, 2.05) is 13.8 Å². The summed E-state index contributed by atoms with van der Waals surface area (Å²) in [5.41, 5.74) is 2.13. The van der Waals surface area contributed by atoms with E-state index in [1.165, 1.54) is 12.4 Å². The van der Waals surface area contributed by atoms with Gasteiger partial charge in [0.05, 0.1) is 12.0 Å². The molecule has 0 saturated heterocycles. The van der Waals surface area contributed by atoms with E-state index in [0.717, 1.165) is 12.0 Å². The summed E-state index contributed by atoms with van der Waals surface area (Å²) in [5.74, 6) is -0.351. The third-order valence-electron chi connectivity index (χ3n) is 2.83. The van der Waals surface area contributed by atoms with Crippen molar-refractivity contribution in [1.82, 2.24) is 9.97 Å². The number of aromatic amines is 1. The maximum Gasteiger partial charge on any atom is 0.254 e. The van der Waals surface area contributed by atoms with Gasteiger partial charge in [0.2, 0.25) is 0 Å². The molecule has 0 spiro atoms. The van der Waals surface area contributed by atoms with E-state index in [2.05, 4.69) is 9.97 Å². The molecule has 1 aromatic carbocycles. The van der Waals surface area contributed by atoms with E-state index >= 15 is 0 Å². The van der Waals surface area contributed by atoms with Crippen LogP contribution >= 0.6 is 0 Å². The maximum absolute atomic E-state index is 13.9. The zero-order chi connectivity index (χ0) is 13.1. The molecule has 3 nitrogen and oxygen atoms in total. The predicted octanol–water partition coefficient (Wildman–Crippen LogP) is 2.84. The second-order valence-electron chi connectivity index (χ2n) is 4.29. The molecule has 0 unspecified atom stereocenters. The number of aryl methyl sites for hydroxylation is 1. The highest BCUT2D eigenvalue weighted by Gasteiger charge is 2.13. The number of rotatable bonds is 3. The summed E-state index contributed by atoms with van der Waals surface area (Å²) >= 11 is 0. The lowest BCUT2D eigenvalue weighted by atomic mass is 10.0. The molecule has 94 valence electrons. The molecule has 0 aliphatic carbocycles. The van der Waals surface area contributed by atoms with Gasteiger partial charge in [0.15, 0.2) is 0 Å². The van der Waals surface area contributed by atoms with Crippen molar-refractivity contribution in [3.63, 3.8) is 0 Å². The monoisotopic (exact) mass is 246 g/mol. The zero-order valence-electron chi connectivity index (χ0n) is 10.5. The highest BCUT2D eigenvalue weighted by Crippen LogP contribution is 2.24. The number of benzene rings is 1. The van der Waals surface area contributed by atoms with Crippen molar-refractivity contribution in [2.45, 2.75) is 26.7 Å². The van der Waals surface area contributed by atoms with Crippen molar-refractivity contribution in [3.05, 3.63) is 51.8 Å². The smallest absolute Gasteiger partial charge is 0.254 e. The molecule has 0 radical (unpaired) electrons. The first-order chi connectivity index (χ1) is 8.63. The molecule has 0 saturated carbocycles. The van der Waals surface area contributed by atoms with Crippen molar-refractivity contribution < 1.29 is 4.39 Å². The molecule has 18 heavy (non-hydrogen) atoms. The highest BCUT2D eigenvalue weighted by atomic mass is 19.1. The highest BCUT2D eigenvalue weighted by molar-refractivity contribution is 5.64. The van der Waals surface area contributed by atoms with Gasteiger partial charge in [-0.1, -0.05) is 25.0 Å². The first kappa shape index (κ1) is 12.5. The van der Waals surface area contributed by atoms with Crippen molar-refractivity contribution in [2.75, 3.05) is 0 Å². The van der Waals surface area contributed by atoms with Crippen LogP contribution in [0.15, 0.2) is 29.3 Å². The number of H-pyrrole nitrogens is 1. The molecule has 0 amide bonds. The Kier molecular flexibility index (Phi) is 3.55. The fraction of sp³-hybridized carbons (Fsp3) is 0.286. The van der Waals surface area contributed by atoms with Crippen LogP contribution in [0.2, 0.25) is 0 Å². The molecule has 2 rings (SSSR count). The van der Waals surface area contributed by atoms with Crippen LogP contribution in [0.4, 0.5) is 4.39 Å². The molecular formula is C14H15FN2O. The standard InChI is InChI=1S/C14H15FN2O/c1-3-4-10-13(16-8-17-14(10)18)11-7-9(2)5-6-12(11)15/h5-8H,3-4H2,1-2H3,(H,16,17,18). The van der Waals surface area contributed by atoms with E-state index in [4.69, 9.17) is 0 Å². The molecule has 0 fully saturated rings. The molecule has 1 N–H and O–H groups in total. The minimum absolute atomic E-state index is 0.192. The number of hydrogen-bond acceptors (Lipinski definition) is 2. The van der Waals surface area contributed by atoms with Crippen molar-refractivity contribution >= 4 is 0 Å². The number of halogens is 1. The van der Waals surface area contributed by atoms with Crippen LogP contribution < -0.4 is 5.56 Å². The van der Waals surface area contributed by atoms with Crippen LogP contribution in [0.5, 0.6) is 0 Å². The van der Waals surface area contributed by atoms with Gasteiger partial charge in [0.25, 0.3) is 5.56 Å². The summed E-state index contributed by atoms with van der Waals surface area (Å²) in [7, 11) is 0. The van der Waals surface area contributed by atoms with Gasteiger partial charge in [-0.15, -0.1) is 0 Å². The van der Waals surface area contributed by atoms with Crippen molar-refractivity contribution in [3.8, 4) is 11.3 Å². The second kappa shape index (κ2) is 5.12. The number of nitrogens with one attached hydrogen (secondary N) is 1. The van der Waals surface area contributed by atoms with E-state index < -0.39 is 0 Å². The van der Waals surface area contributed by atoms with Gasteiger partial charge in [-0.05, 0) is 25.5 Å². The van der Waals surface area contributed by atoms with Gasteiger partial charge in [0.1, 0.15) is 5.82 Å². The van der Waals surface area contributed by atoms with Crippen LogP contribution in [0, 0.1) is 12.7 Å². The molecule has 1 aromatic heterocycles. The molecule has 0 aliphatic rings. The average molecular weight is 246 g/mol. The Labute approximate surface area is 105 Å². The normalized spacial score (nSPS) is 10.6. The lowest BCUT2D eigenvalue weighted by Crippen LogP contribution is -2.15. The van der Waals surface area contributed by atoms with E-state index in [1.54, 1.807) is 12.1 Å². The summed E-state index contributed by atoms with van der Waals surface area (Å²) in [4.78, 5) is 18.5. The molecule has 0 bridgehead atoms. The Bertz CT molecular complexity index is 619. The van der Waals surface area contributed by atoms with Gasteiger partial charge in [-0.3, -0.25) is 4.79 Å². The molecular weight excluding hydrogens is 231 g/mol. The molecule has 0 atom stereocenters. The fourth-order valence-electron chi connectivity index (χ4n) is 1.96. The first-order valence-corrected chi connectivity index (χ1v) is 5.96. The summed E-state index contributed by atoms with van der Waals surface area (Å²) < 4.78 is 13.9. The van der Waals surface area contributed by atoms with Gasteiger partial charge in [-0.2, -0.15) is 0 Å². The van der Waals surface area contributed by atoms with Gasteiger partial charge in [-0.25, -0.2) is 9.37 Å². The van der Waals surface area contributed by atoms with Crippen LogP contribution in [-0.2, 0) is 6.42 Å². The maximum atomic E-state index is 13.9. The van der Waals surface area contributed by atoms with Crippen molar-refractivity contribution in [1.29, 1.82) is 0 Å². The summed E-state index contributed by atoms with van der Waals surface area (Å²) in [6.45, 7) is 3.86. The third-order valence-corrected chi connectivity index (χ3v) is 2.83. The van der Waals surface area contributed by atoms with Gasteiger partial charge < -0.3 is 4.98 Å². The third kappa shape index (κ3) is 2.32. The zero-order valence-corrected chi connectivity index (χ0v) is 10.5. The minimum Gasteiger partial charge on any atom is -0.313 e. The number of nitrogens with zero attached hydrogens (tertiary/aromatic N) is 1. The van der Waals surface area contributed by atoms with E-state index in [-0.39, 0.29) is 11.4 Å². The number of aromatic nitrogens is 2. The number of hydrogen-bond donors (Lipinski definition) is 1. The summed E-state index contributed by atoms with van der Waals surface area (Å²) in [6, 6.07) is 4.82. The average Bonchev–Trinajstić information content (AvgIpc) is 2.35. The fourth-order valence-corrected chi connectivity index (χ4v) is 1.96. The van der Waals surface area contributed by atoms with E-state index in [9.17, 15) is 9.18 Å². The van der Waals surface area contributed by atoms with E-state index in [0.29, 0.717) is 23.2 Å². The Morgan fingerprint density at radius 2 is 2.17 bits per heavy atom. The van der Waals surface area contributed by atoms with Crippen LogP contribution in [0.25, 0.3) is 11.3 Å². The SMILES string of the molecule is CCCc1c(-c2cc(C)ccc2F)nc[nH]c1=O. The lowest BCUT2D eigenvalue weighted by Gasteiger charge is -2.08. The minimum atomic E-state index is -0.351. The molecule has 0 aliphatic heterocycles. The lowest BCUT2D eigenvalue weighted by molar-refractivity contribution is 0.629. The predicted molar refractivity (Wildman–Crippen MR) is 69.0 cm³/mol. The summed E-state index contributed by atoms with van der Waals surface area (Å²) in [5, 5.41) is 0. The Morgan fingerprint density at radius 3 is 2.89 bits per heavy atom. The largest absolute Gasteiger partial charge is 0.313 e.